The van der Waals surface area contributed by atoms with E-state index in [1.54, 1.807) is 0 Å². The summed E-state index contributed by atoms with van der Waals surface area (Å²) < 4.78 is 0. The van der Waals surface area contributed by atoms with Crippen molar-refractivity contribution < 1.29 is 5.11 Å². The van der Waals surface area contributed by atoms with Gasteiger partial charge in [0.05, 0.1) is 6.61 Å². The minimum absolute atomic E-state index is 0.0274. The van der Waals surface area contributed by atoms with E-state index in [1.165, 1.54) is 0 Å². The third-order valence-corrected chi connectivity index (χ3v) is 1.67. The Hall–Kier alpha value is -1.29. The second-order valence-electron chi connectivity index (χ2n) is 2.89. The number of nitrogens with one attached hydrogen (secondary N) is 2. The van der Waals surface area contributed by atoms with Crippen molar-refractivity contribution in [3.05, 3.63) is 18.2 Å². The maximum absolute atomic E-state index is 8.82. The largest absolute Gasteiger partial charge is 0.394 e. The van der Waals surface area contributed by atoms with Gasteiger partial charge in [0.1, 0.15) is 11.6 Å². The highest BCUT2D eigenvalue weighted by molar-refractivity contribution is 5.45. The molecule has 0 spiro atoms. The standard InChI is InChI=1S/C9H15N3O/c1-7(6-13)11-9-5-3-4-8(10-2)12-9/h3-5,7,13H,6H2,1-2H3,(H2,10,11,12). The van der Waals surface area contributed by atoms with Crippen LogP contribution in [-0.4, -0.2) is 29.8 Å². The molecule has 0 amide bonds. The second kappa shape index (κ2) is 4.67. The van der Waals surface area contributed by atoms with Gasteiger partial charge in [-0.25, -0.2) is 4.98 Å². The average Bonchev–Trinajstić information content (AvgIpc) is 2.18. The third kappa shape index (κ3) is 2.91. The number of nitrogens with zero attached hydrogens (tertiary/aromatic N) is 1. The van der Waals surface area contributed by atoms with E-state index in [2.05, 4.69) is 15.6 Å². The molecule has 72 valence electrons. The molecule has 4 nitrogen and oxygen atoms in total. The van der Waals surface area contributed by atoms with Crippen LogP contribution in [0.1, 0.15) is 6.92 Å². The molecule has 0 aliphatic heterocycles. The van der Waals surface area contributed by atoms with E-state index < -0.39 is 0 Å². The molecule has 0 saturated heterocycles. The van der Waals surface area contributed by atoms with E-state index in [-0.39, 0.29) is 12.6 Å². The zero-order valence-electron chi connectivity index (χ0n) is 7.91. The van der Waals surface area contributed by atoms with Crippen molar-refractivity contribution in [3.63, 3.8) is 0 Å². The summed E-state index contributed by atoms with van der Waals surface area (Å²) in [5, 5.41) is 14.8. The quantitative estimate of drug-likeness (QED) is 0.646. The van der Waals surface area contributed by atoms with Crippen LogP contribution in [0.15, 0.2) is 18.2 Å². The van der Waals surface area contributed by atoms with E-state index in [4.69, 9.17) is 5.11 Å². The highest BCUT2D eigenvalue weighted by atomic mass is 16.3. The summed E-state index contributed by atoms with van der Waals surface area (Å²) in [4.78, 5) is 4.25. The summed E-state index contributed by atoms with van der Waals surface area (Å²) in [6.45, 7) is 2.00. The number of anilines is 2. The van der Waals surface area contributed by atoms with E-state index in [0.717, 1.165) is 11.6 Å². The smallest absolute Gasteiger partial charge is 0.128 e. The summed E-state index contributed by atoms with van der Waals surface area (Å²) in [7, 11) is 1.82. The summed E-state index contributed by atoms with van der Waals surface area (Å²) in [5.41, 5.74) is 0. The maximum atomic E-state index is 8.82. The van der Waals surface area contributed by atoms with Crippen LogP contribution in [0.5, 0.6) is 0 Å². The normalized spacial score (nSPS) is 12.2. The fraction of sp³-hybridized carbons (Fsp3) is 0.444. The van der Waals surface area contributed by atoms with Gasteiger partial charge in [-0.15, -0.1) is 0 Å². The number of rotatable bonds is 4. The van der Waals surface area contributed by atoms with E-state index in [0.29, 0.717) is 0 Å². The van der Waals surface area contributed by atoms with E-state index >= 15 is 0 Å². The van der Waals surface area contributed by atoms with Crippen molar-refractivity contribution in [2.45, 2.75) is 13.0 Å². The van der Waals surface area contributed by atoms with Crippen molar-refractivity contribution in [2.75, 3.05) is 24.3 Å². The molecular weight excluding hydrogens is 166 g/mol. The van der Waals surface area contributed by atoms with Gasteiger partial charge in [0.2, 0.25) is 0 Å². The van der Waals surface area contributed by atoms with Gasteiger partial charge in [-0.1, -0.05) is 6.07 Å². The molecule has 1 rings (SSSR count). The van der Waals surface area contributed by atoms with Gasteiger partial charge in [-0.3, -0.25) is 0 Å². The van der Waals surface area contributed by atoms with Crippen LogP contribution >= 0.6 is 0 Å². The summed E-state index contributed by atoms with van der Waals surface area (Å²) in [6.07, 6.45) is 0. The summed E-state index contributed by atoms with van der Waals surface area (Å²) >= 11 is 0. The Morgan fingerprint density at radius 3 is 2.77 bits per heavy atom. The van der Waals surface area contributed by atoms with Gasteiger partial charge in [0.15, 0.2) is 0 Å². The number of hydrogen-bond donors (Lipinski definition) is 3. The molecule has 0 bridgehead atoms. The predicted molar refractivity (Wildman–Crippen MR) is 54.0 cm³/mol. The monoisotopic (exact) mass is 181 g/mol. The Morgan fingerprint density at radius 2 is 2.15 bits per heavy atom. The lowest BCUT2D eigenvalue weighted by atomic mass is 10.3. The topological polar surface area (TPSA) is 57.2 Å². The van der Waals surface area contributed by atoms with Crippen LogP contribution < -0.4 is 10.6 Å². The minimum Gasteiger partial charge on any atom is -0.394 e. The summed E-state index contributed by atoms with van der Waals surface area (Å²) in [5.74, 6) is 1.59. The van der Waals surface area contributed by atoms with Gasteiger partial charge in [-0.2, -0.15) is 0 Å². The zero-order valence-corrected chi connectivity index (χ0v) is 7.91. The lowest BCUT2D eigenvalue weighted by Gasteiger charge is -2.11. The molecule has 1 aromatic rings. The van der Waals surface area contributed by atoms with Crippen LogP contribution in [0, 0.1) is 0 Å². The molecule has 0 aliphatic rings. The predicted octanol–water partition coefficient (Wildman–Crippen LogP) is 0.916. The molecule has 1 atom stereocenters. The lowest BCUT2D eigenvalue weighted by Crippen LogP contribution is -2.20. The molecule has 3 N–H and O–H groups in total. The highest BCUT2D eigenvalue weighted by Crippen LogP contribution is 2.08. The third-order valence-electron chi connectivity index (χ3n) is 1.67. The van der Waals surface area contributed by atoms with Crippen LogP contribution in [0.2, 0.25) is 0 Å². The molecule has 0 fully saturated rings. The first-order valence-corrected chi connectivity index (χ1v) is 4.28. The number of pyridine rings is 1. The highest BCUT2D eigenvalue weighted by Gasteiger charge is 2.00. The minimum atomic E-state index is 0.0274. The molecule has 4 heteroatoms. The van der Waals surface area contributed by atoms with Gasteiger partial charge < -0.3 is 15.7 Å². The first kappa shape index (κ1) is 9.80. The van der Waals surface area contributed by atoms with Crippen LogP contribution in [0.3, 0.4) is 0 Å². The van der Waals surface area contributed by atoms with E-state index in [9.17, 15) is 0 Å². The van der Waals surface area contributed by atoms with E-state index in [1.807, 2.05) is 32.2 Å². The molecule has 0 aliphatic carbocycles. The number of aromatic nitrogens is 1. The van der Waals surface area contributed by atoms with Gasteiger partial charge >= 0.3 is 0 Å². The molecule has 0 aromatic carbocycles. The summed E-state index contributed by atoms with van der Waals surface area (Å²) in [6, 6.07) is 5.69. The van der Waals surface area contributed by atoms with Crippen LogP contribution in [0.25, 0.3) is 0 Å². The van der Waals surface area contributed by atoms with Gasteiger partial charge in [0, 0.05) is 13.1 Å². The van der Waals surface area contributed by atoms with Gasteiger partial charge in [0.25, 0.3) is 0 Å². The molecule has 0 radical (unpaired) electrons. The van der Waals surface area contributed by atoms with Crippen molar-refractivity contribution in [1.29, 1.82) is 0 Å². The first-order valence-electron chi connectivity index (χ1n) is 4.28. The fourth-order valence-corrected chi connectivity index (χ4v) is 0.952. The molecule has 1 aromatic heterocycles. The van der Waals surface area contributed by atoms with Crippen molar-refractivity contribution in [1.82, 2.24) is 4.98 Å². The van der Waals surface area contributed by atoms with Crippen molar-refractivity contribution in [2.24, 2.45) is 0 Å². The SMILES string of the molecule is CNc1cccc(NC(C)CO)n1. The maximum Gasteiger partial charge on any atom is 0.128 e. The van der Waals surface area contributed by atoms with Crippen molar-refractivity contribution >= 4 is 11.6 Å². The molecular formula is C9H15N3O. The number of hydrogen-bond acceptors (Lipinski definition) is 4. The number of aliphatic hydroxyl groups is 1. The fourth-order valence-electron chi connectivity index (χ4n) is 0.952. The van der Waals surface area contributed by atoms with Gasteiger partial charge in [-0.05, 0) is 19.1 Å². The Bertz CT molecular complexity index is 265. The zero-order chi connectivity index (χ0) is 9.68. The molecule has 1 heterocycles. The molecule has 13 heavy (non-hydrogen) atoms. The second-order valence-corrected chi connectivity index (χ2v) is 2.89. The first-order chi connectivity index (χ1) is 6.26. The Kier molecular flexibility index (Phi) is 3.52. The van der Waals surface area contributed by atoms with Crippen molar-refractivity contribution in [3.8, 4) is 0 Å². The number of aliphatic hydroxyl groups excluding tert-OH is 1. The molecule has 0 saturated carbocycles. The molecule has 1 unspecified atom stereocenters. The van der Waals surface area contributed by atoms with Crippen LogP contribution in [0.4, 0.5) is 11.6 Å². The lowest BCUT2D eigenvalue weighted by molar-refractivity contribution is 0.281. The Balaban J connectivity index is 2.66. The Morgan fingerprint density at radius 1 is 1.46 bits per heavy atom. The Labute approximate surface area is 78.0 Å². The van der Waals surface area contributed by atoms with Crippen LogP contribution in [-0.2, 0) is 0 Å². The average molecular weight is 181 g/mol.